The van der Waals surface area contributed by atoms with Gasteiger partial charge >= 0.3 is 0 Å². The molecule has 0 amide bonds. The van der Waals surface area contributed by atoms with Gasteiger partial charge in [-0.05, 0) is 41.0 Å². The Balaban J connectivity index is 1.70. The summed E-state index contributed by atoms with van der Waals surface area (Å²) >= 11 is 7.80. The molecule has 0 saturated heterocycles. The van der Waals surface area contributed by atoms with Crippen molar-refractivity contribution in [1.82, 2.24) is 20.2 Å². The summed E-state index contributed by atoms with van der Waals surface area (Å²) in [5.41, 5.74) is 7.43. The van der Waals surface area contributed by atoms with E-state index in [9.17, 15) is 0 Å². The van der Waals surface area contributed by atoms with Crippen LogP contribution in [0.3, 0.4) is 0 Å². The zero-order valence-electron chi connectivity index (χ0n) is 11.0. The Bertz CT molecular complexity index is 594. The van der Waals surface area contributed by atoms with E-state index in [1.807, 2.05) is 16.8 Å². The minimum Gasteiger partial charge on any atom is -0.399 e. The van der Waals surface area contributed by atoms with Crippen LogP contribution in [-0.4, -0.2) is 20.2 Å². The highest BCUT2D eigenvalue weighted by atomic mass is 35.5. The van der Waals surface area contributed by atoms with Crippen molar-refractivity contribution in [3.63, 3.8) is 0 Å². The lowest BCUT2D eigenvalue weighted by atomic mass is 10.2. The first-order valence-electron chi connectivity index (χ1n) is 6.68. The van der Waals surface area contributed by atoms with Gasteiger partial charge in [-0.3, -0.25) is 0 Å². The molecule has 1 aromatic heterocycles. The maximum atomic E-state index is 6.18. The van der Waals surface area contributed by atoms with Crippen LogP contribution >= 0.6 is 23.4 Å². The quantitative estimate of drug-likeness (QED) is 0.693. The number of nitrogens with zero attached hydrogens (tertiary/aromatic N) is 4. The molecule has 3 rings (SSSR count). The van der Waals surface area contributed by atoms with Crippen molar-refractivity contribution in [2.75, 3.05) is 5.73 Å². The van der Waals surface area contributed by atoms with Crippen LogP contribution in [0, 0.1) is 0 Å². The van der Waals surface area contributed by atoms with Crippen molar-refractivity contribution in [1.29, 1.82) is 0 Å². The van der Waals surface area contributed by atoms with Crippen molar-refractivity contribution in [2.24, 2.45) is 0 Å². The van der Waals surface area contributed by atoms with Gasteiger partial charge in [0.05, 0.1) is 6.04 Å². The van der Waals surface area contributed by atoms with Crippen LogP contribution in [0.25, 0.3) is 0 Å². The molecule has 2 N–H and O–H groups in total. The number of halogens is 1. The molecule has 0 unspecified atom stereocenters. The molecule has 7 heteroatoms. The van der Waals surface area contributed by atoms with Gasteiger partial charge in [0, 0.05) is 16.5 Å². The minimum absolute atomic E-state index is 0.453. The van der Waals surface area contributed by atoms with Gasteiger partial charge in [-0.15, -0.1) is 5.10 Å². The van der Waals surface area contributed by atoms with Crippen LogP contribution in [0.4, 0.5) is 5.69 Å². The summed E-state index contributed by atoms with van der Waals surface area (Å²) in [5, 5.41) is 13.6. The van der Waals surface area contributed by atoms with E-state index in [2.05, 4.69) is 15.5 Å². The molecule has 1 aromatic carbocycles. The second-order valence-corrected chi connectivity index (χ2v) is 6.33. The molecule has 20 heavy (non-hydrogen) atoms. The number of nitrogen functional groups attached to an aromatic ring is 1. The molecule has 5 nitrogen and oxygen atoms in total. The van der Waals surface area contributed by atoms with Crippen molar-refractivity contribution < 1.29 is 0 Å². The van der Waals surface area contributed by atoms with Gasteiger partial charge in [-0.25, -0.2) is 4.68 Å². The summed E-state index contributed by atoms with van der Waals surface area (Å²) in [4.78, 5) is 0. The third-order valence-corrected chi connectivity index (χ3v) is 4.90. The van der Waals surface area contributed by atoms with Gasteiger partial charge in [0.1, 0.15) is 0 Å². The monoisotopic (exact) mass is 309 g/mol. The number of nitrogens with two attached hydrogens (primary N) is 1. The Morgan fingerprint density at radius 1 is 1.35 bits per heavy atom. The maximum Gasteiger partial charge on any atom is 0.209 e. The molecule has 0 radical (unpaired) electrons. The molecule has 1 saturated carbocycles. The van der Waals surface area contributed by atoms with Crippen LogP contribution in [0.5, 0.6) is 0 Å². The molecule has 0 aliphatic heterocycles. The van der Waals surface area contributed by atoms with Crippen molar-refractivity contribution in [2.45, 2.75) is 42.6 Å². The first-order valence-corrected chi connectivity index (χ1v) is 8.05. The van der Waals surface area contributed by atoms with Crippen LogP contribution in [0.1, 0.15) is 37.3 Å². The lowest BCUT2D eigenvalue weighted by Crippen LogP contribution is -2.08. The summed E-state index contributed by atoms with van der Waals surface area (Å²) in [6.45, 7) is 0. The number of anilines is 1. The fourth-order valence-electron chi connectivity index (χ4n) is 2.48. The topological polar surface area (TPSA) is 69.6 Å². The van der Waals surface area contributed by atoms with Crippen LogP contribution in [-0.2, 0) is 5.75 Å². The van der Waals surface area contributed by atoms with E-state index in [-0.39, 0.29) is 0 Å². The molecule has 1 aliphatic carbocycles. The van der Waals surface area contributed by atoms with Gasteiger partial charge in [-0.2, -0.15) is 0 Å². The Labute approximate surface area is 126 Å². The van der Waals surface area contributed by atoms with Gasteiger partial charge in [0.25, 0.3) is 0 Å². The minimum atomic E-state index is 0.453. The average molecular weight is 310 g/mol. The predicted octanol–water partition coefficient (Wildman–Crippen LogP) is 3.32. The Kier molecular flexibility index (Phi) is 4.12. The molecule has 1 aliphatic rings. The summed E-state index contributed by atoms with van der Waals surface area (Å²) < 4.78 is 1.96. The number of hydrogen-bond acceptors (Lipinski definition) is 5. The van der Waals surface area contributed by atoms with Gasteiger partial charge in [0.15, 0.2) is 0 Å². The highest BCUT2D eigenvalue weighted by Crippen LogP contribution is 2.33. The number of thioether (sulfide) groups is 1. The second kappa shape index (κ2) is 6.01. The zero-order chi connectivity index (χ0) is 13.9. The Hall–Kier alpha value is -1.27. The molecular formula is C13H16ClN5S. The van der Waals surface area contributed by atoms with E-state index in [4.69, 9.17) is 17.3 Å². The third kappa shape index (κ3) is 2.91. The van der Waals surface area contributed by atoms with Gasteiger partial charge in [-0.1, -0.05) is 42.3 Å². The number of benzene rings is 1. The van der Waals surface area contributed by atoms with Crippen molar-refractivity contribution in [3.8, 4) is 0 Å². The summed E-state index contributed by atoms with van der Waals surface area (Å²) in [5.74, 6) is 0.742. The molecule has 0 atom stereocenters. The molecule has 1 heterocycles. The maximum absolute atomic E-state index is 6.18. The smallest absolute Gasteiger partial charge is 0.209 e. The highest BCUT2D eigenvalue weighted by Gasteiger charge is 2.21. The Morgan fingerprint density at radius 2 is 2.15 bits per heavy atom. The number of rotatable bonds is 4. The molecule has 0 bridgehead atoms. The van der Waals surface area contributed by atoms with E-state index in [1.165, 1.54) is 25.7 Å². The molecule has 2 aromatic rings. The van der Waals surface area contributed by atoms with E-state index >= 15 is 0 Å². The molecule has 106 valence electrons. The standard InChI is InChI=1S/C13H16ClN5S/c14-12-7-10(15)6-5-9(12)8-20-13-16-17-18-19(13)11-3-1-2-4-11/h5-7,11H,1-4,8,15H2. The third-order valence-electron chi connectivity index (χ3n) is 3.57. The van der Waals surface area contributed by atoms with E-state index < -0.39 is 0 Å². The fourth-order valence-corrected chi connectivity index (χ4v) is 3.76. The summed E-state index contributed by atoms with van der Waals surface area (Å²) in [6, 6.07) is 6.04. The number of tetrazole rings is 1. The first-order chi connectivity index (χ1) is 9.74. The second-order valence-electron chi connectivity index (χ2n) is 4.98. The molecule has 0 spiro atoms. The van der Waals surface area contributed by atoms with Gasteiger partial charge < -0.3 is 5.73 Å². The summed E-state index contributed by atoms with van der Waals surface area (Å²) in [6.07, 6.45) is 4.86. The van der Waals surface area contributed by atoms with Crippen molar-refractivity contribution >= 4 is 29.1 Å². The zero-order valence-corrected chi connectivity index (χ0v) is 12.6. The normalized spacial score (nSPS) is 15.8. The number of aromatic nitrogens is 4. The number of hydrogen-bond donors (Lipinski definition) is 1. The molecule has 1 fully saturated rings. The van der Waals surface area contributed by atoms with Crippen LogP contribution < -0.4 is 5.73 Å². The lowest BCUT2D eigenvalue weighted by molar-refractivity contribution is 0.423. The van der Waals surface area contributed by atoms with E-state index in [0.717, 1.165) is 16.5 Å². The van der Waals surface area contributed by atoms with Gasteiger partial charge in [0.2, 0.25) is 5.16 Å². The highest BCUT2D eigenvalue weighted by molar-refractivity contribution is 7.98. The molecular weight excluding hydrogens is 294 g/mol. The summed E-state index contributed by atoms with van der Waals surface area (Å²) in [7, 11) is 0. The SMILES string of the molecule is Nc1ccc(CSc2nnnn2C2CCCC2)c(Cl)c1. The lowest BCUT2D eigenvalue weighted by Gasteiger charge is -2.11. The predicted molar refractivity (Wildman–Crippen MR) is 80.7 cm³/mol. The van der Waals surface area contributed by atoms with Crippen molar-refractivity contribution in [3.05, 3.63) is 28.8 Å². The van der Waals surface area contributed by atoms with Crippen LogP contribution in [0.2, 0.25) is 5.02 Å². The van der Waals surface area contributed by atoms with Crippen LogP contribution in [0.15, 0.2) is 23.4 Å². The largest absolute Gasteiger partial charge is 0.399 e. The van der Waals surface area contributed by atoms with E-state index in [0.29, 0.717) is 16.8 Å². The first kappa shape index (κ1) is 13.7. The Morgan fingerprint density at radius 3 is 2.90 bits per heavy atom. The fraction of sp³-hybridized carbons (Fsp3) is 0.462. The van der Waals surface area contributed by atoms with E-state index in [1.54, 1.807) is 17.8 Å². The average Bonchev–Trinajstić information content (AvgIpc) is 3.08.